The monoisotopic (exact) mass is 864 g/mol. The van der Waals surface area contributed by atoms with Crippen molar-refractivity contribution >= 4 is 259 Å². The Morgan fingerprint density at radius 1 is 0.157 bits per heavy atom. The lowest BCUT2D eigenvalue weighted by atomic mass is 9.50. The zero-order chi connectivity index (χ0) is 42.2. The van der Waals surface area contributed by atoms with Gasteiger partial charge in [0.2, 0.25) is 0 Å². The molecule has 2 aliphatic heterocycles. The number of rotatable bonds is 0. The molecule has 0 amide bonds. The van der Waals surface area contributed by atoms with E-state index in [4.69, 9.17) is 0 Å². The lowest BCUT2D eigenvalue weighted by molar-refractivity contribution is -0.880. The minimum atomic E-state index is -0.104. The van der Waals surface area contributed by atoms with Crippen LogP contribution in [0.5, 0.6) is 0 Å². The average molecular weight is 865 g/mol. The second-order valence-electron chi connectivity index (χ2n) is 29.1. The molecule has 70 heavy (non-hydrogen) atoms. The number of quaternary nitrogens is 2. The van der Waals surface area contributed by atoms with Crippen LogP contribution in [-0.4, -0.2) is 63.3 Å². The molecule has 4 spiro atoms. The molecule has 24 aromatic rings. The maximum atomic E-state index is 2.68. The molecule has 4 atom stereocenters. The molecule has 0 radical (unpaired) electrons. The Morgan fingerprint density at radius 2 is 0.243 bits per heavy atom. The van der Waals surface area contributed by atoms with Gasteiger partial charge in [-0.05, 0) is 303 Å². The summed E-state index contributed by atoms with van der Waals surface area (Å²) >= 11 is 0. The summed E-state index contributed by atoms with van der Waals surface area (Å²) in [5.74, 6) is 0. The summed E-state index contributed by atoms with van der Waals surface area (Å²) in [7, 11) is 10.7. The fourth-order valence-corrected chi connectivity index (χ4v) is 28.5. The van der Waals surface area contributed by atoms with Crippen molar-refractivity contribution in [3.05, 3.63) is 44.5 Å². The van der Waals surface area contributed by atoms with Crippen molar-refractivity contribution in [1.82, 2.24) is 0 Å². The van der Waals surface area contributed by atoms with Gasteiger partial charge in [-0.2, -0.15) is 0 Å². The lowest BCUT2D eigenvalue weighted by Gasteiger charge is -2.47. The zero-order valence-corrected chi connectivity index (χ0v) is 37.7. The highest BCUT2D eigenvalue weighted by Crippen LogP contribution is 2.88. The topological polar surface area (TPSA) is 0 Å². The molecule has 34 rings (SSSR count). The molecule has 2 heteroatoms. The Balaban J connectivity index is 1.21. The minimum absolute atomic E-state index is 0.103. The Hall–Kier alpha value is -7.36. The van der Waals surface area contributed by atoms with E-state index in [1.54, 1.807) is 259 Å². The highest BCUT2D eigenvalue weighted by molar-refractivity contribution is 6.77. The van der Waals surface area contributed by atoms with Gasteiger partial charge in [-0.25, -0.2) is 0 Å². The summed E-state index contributed by atoms with van der Waals surface area (Å²) in [6.07, 6.45) is 0. The summed E-state index contributed by atoms with van der Waals surface area (Å²) in [6, 6.07) is 0. The maximum absolute atomic E-state index is 2.68. The molecule has 0 aromatic heterocycles. The standard InChI is InChI=1S/C68H20N2/c1-69(2)5-65-57-41-25-13-11-9-10-12-14-16-21-31-19(12)29(17(9)25)45(57)47(31)59-49-33(21)24-28(16)44-42-26(14)18(10)30-20(11)32-22-15(13)27-23-34(22)50-54-38-35(23)51(61(65)43(27)41)55-39(38)40-37(53(49)63(55)67(59,65)7-69)36(24)52-56(40)64(54)68-8-70(3,4)6-66(68,62(44)52)58(42)46(30)48(32)60(50)68/h5-8H2,1-4H3/q+2. The van der Waals surface area contributed by atoms with Gasteiger partial charge in [-0.3, -0.25) is 0 Å². The highest BCUT2D eigenvalue weighted by atomic mass is 15.4. The number of benzene rings is 16. The lowest BCUT2D eigenvalue weighted by Crippen LogP contribution is -2.51. The summed E-state index contributed by atoms with van der Waals surface area (Å²) in [5.41, 5.74) is 14.3. The van der Waals surface area contributed by atoms with Crippen molar-refractivity contribution in [2.24, 2.45) is 0 Å². The highest BCUT2D eigenvalue weighted by Gasteiger charge is 2.79. The number of nitrogens with zero attached hydrogens (tertiary/aromatic N) is 2. The van der Waals surface area contributed by atoms with Gasteiger partial charge in [0.15, 0.2) is 0 Å². The van der Waals surface area contributed by atoms with Crippen molar-refractivity contribution < 1.29 is 8.97 Å². The van der Waals surface area contributed by atoms with Crippen LogP contribution in [0.2, 0.25) is 0 Å². The molecular formula is C68H20N2+2. The molecule has 300 valence electrons. The van der Waals surface area contributed by atoms with Crippen LogP contribution in [0.3, 0.4) is 0 Å². The van der Waals surface area contributed by atoms with Crippen LogP contribution in [0, 0.1) is 0 Å². The number of hydrogen-bond donors (Lipinski definition) is 0. The van der Waals surface area contributed by atoms with E-state index in [9.17, 15) is 0 Å². The predicted molar refractivity (Wildman–Crippen MR) is 291 cm³/mol. The van der Waals surface area contributed by atoms with Crippen molar-refractivity contribution in [3.8, 4) is 0 Å². The van der Waals surface area contributed by atoms with E-state index in [1.165, 1.54) is 26.2 Å². The van der Waals surface area contributed by atoms with Crippen LogP contribution in [0.15, 0.2) is 0 Å². The smallest absolute Gasteiger partial charge is 0.0937 e. The maximum Gasteiger partial charge on any atom is 0.0937 e. The van der Waals surface area contributed by atoms with Crippen LogP contribution in [0.1, 0.15) is 44.5 Å². The van der Waals surface area contributed by atoms with Crippen molar-refractivity contribution in [1.29, 1.82) is 0 Å². The molecule has 10 aliphatic rings. The second-order valence-corrected chi connectivity index (χ2v) is 29.1. The van der Waals surface area contributed by atoms with Crippen LogP contribution in [0.25, 0.3) is 259 Å². The summed E-state index contributed by atoms with van der Waals surface area (Å²) in [5, 5.41) is 83.3. The quantitative estimate of drug-likeness (QED) is 0.105. The first-order valence-electron chi connectivity index (χ1n) is 27.0. The zero-order valence-electron chi connectivity index (χ0n) is 37.7. The summed E-state index contributed by atoms with van der Waals surface area (Å²) < 4.78 is 2.17. The van der Waals surface area contributed by atoms with Gasteiger partial charge in [0, 0.05) is 0 Å². The Kier molecular flexibility index (Phi) is 2.14. The SMILES string of the molecule is C[N+]1(C)CC23c4c5c6c7c8c9c(c%10c%11c2c2c4c4c%12c%13c%14c%15c%16c%17c%18c%19c%20c%21c%22c(c%13c4c4c2c2c%11c%11c%10c%10c9c9c%13c8c(c6c%15c5%12)c%16c%13c%18c5c%19c6c%21c(c2c%224)c%11c6c%10c59)C%202C[N+](C)(C)CC%14%172)C73C1. The van der Waals surface area contributed by atoms with Gasteiger partial charge in [0.05, 0.1) is 76.0 Å². The first-order valence-corrected chi connectivity index (χ1v) is 27.0. The molecule has 2 saturated heterocycles. The molecule has 4 unspecified atom stereocenters. The van der Waals surface area contributed by atoms with Crippen LogP contribution in [0.4, 0.5) is 0 Å². The molecule has 2 fully saturated rings. The summed E-state index contributed by atoms with van der Waals surface area (Å²) in [6.45, 7) is 4.80. The van der Waals surface area contributed by atoms with Crippen LogP contribution < -0.4 is 0 Å². The van der Waals surface area contributed by atoms with Crippen molar-refractivity contribution in [3.63, 3.8) is 0 Å². The van der Waals surface area contributed by atoms with E-state index in [0.29, 0.717) is 0 Å². The second kappa shape index (κ2) is 5.63. The van der Waals surface area contributed by atoms with E-state index < -0.39 is 0 Å². The van der Waals surface area contributed by atoms with Gasteiger partial charge in [-0.15, -0.1) is 0 Å². The van der Waals surface area contributed by atoms with Gasteiger partial charge in [0.25, 0.3) is 0 Å². The van der Waals surface area contributed by atoms with E-state index in [0.717, 1.165) is 8.97 Å². The Morgan fingerprint density at radius 3 is 0.343 bits per heavy atom. The Bertz CT molecular complexity index is 6840. The van der Waals surface area contributed by atoms with Gasteiger partial charge in [0.1, 0.15) is 0 Å². The number of likely N-dealkylation sites (N-methyl/N-ethyl adjacent to an activating group) is 2. The molecular weight excluding hydrogens is 845 g/mol. The van der Waals surface area contributed by atoms with E-state index in [1.807, 2.05) is 44.5 Å². The third kappa shape index (κ3) is 1.33. The van der Waals surface area contributed by atoms with Gasteiger partial charge >= 0.3 is 0 Å². The number of hydrogen-bond acceptors (Lipinski definition) is 0. The van der Waals surface area contributed by atoms with E-state index in [2.05, 4.69) is 28.2 Å². The Labute approximate surface area is 386 Å². The normalized spacial score (nSPS) is 29.7. The molecule has 0 saturated carbocycles. The summed E-state index contributed by atoms with van der Waals surface area (Å²) in [4.78, 5) is 0. The third-order valence-corrected chi connectivity index (χ3v) is 27.5. The molecule has 8 aliphatic carbocycles. The van der Waals surface area contributed by atoms with Crippen molar-refractivity contribution in [2.75, 3.05) is 54.4 Å². The molecule has 2 heterocycles. The first-order chi connectivity index (χ1) is 34.3. The van der Waals surface area contributed by atoms with Crippen LogP contribution >= 0.6 is 0 Å². The average Bonchev–Trinajstić information content (AvgIpc) is 4.35. The van der Waals surface area contributed by atoms with E-state index in [-0.39, 0.29) is 21.7 Å². The third-order valence-electron chi connectivity index (χ3n) is 27.5. The predicted octanol–water partition coefficient (Wildman–Crippen LogP) is 15.0. The van der Waals surface area contributed by atoms with E-state index >= 15 is 0 Å². The largest absolute Gasteiger partial charge is 0.326 e. The minimum Gasteiger partial charge on any atom is -0.326 e. The molecule has 24 aromatic carbocycles. The first kappa shape index (κ1) is 26.6. The van der Waals surface area contributed by atoms with Crippen LogP contribution in [-0.2, 0) is 21.7 Å². The fourth-order valence-electron chi connectivity index (χ4n) is 28.5. The molecule has 0 bridgehead atoms. The van der Waals surface area contributed by atoms with Gasteiger partial charge in [-0.1, -0.05) is 0 Å². The molecule has 0 N–H and O–H groups in total. The fraction of sp³-hybridized carbons (Fsp3) is 0.176. The molecule has 2 nitrogen and oxygen atoms in total. The van der Waals surface area contributed by atoms with Gasteiger partial charge < -0.3 is 8.97 Å². The van der Waals surface area contributed by atoms with Crippen molar-refractivity contribution in [2.45, 2.75) is 21.7 Å². The number of likely N-dealkylation sites (tertiary alicyclic amines) is 2.